The molecule has 1 fully saturated rings. The van der Waals surface area contributed by atoms with E-state index in [1.807, 2.05) is 30.3 Å². The van der Waals surface area contributed by atoms with Crippen LogP contribution in [0.25, 0.3) is 32.3 Å². The molecule has 0 radical (unpaired) electrons. The van der Waals surface area contributed by atoms with Crippen LogP contribution in [0.2, 0.25) is 0 Å². The third kappa shape index (κ3) is 7.14. The summed E-state index contributed by atoms with van der Waals surface area (Å²) in [4.78, 5) is 35.6. The molecule has 1 saturated heterocycles. The average Bonchev–Trinajstić information content (AvgIpc) is 3.03. The summed E-state index contributed by atoms with van der Waals surface area (Å²) in [5, 5.41) is 16.8. The first-order chi connectivity index (χ1) is 22.7. The topological polar surface area (TPSA) is 127 Å². The molecule has 0 aliphatic carbocycles. The quantitative estimate of drug-likeness (QED) is 0.115. The fourth-order valence-corrected chi connectivity index (χ4v) is 5.97. The van der Waals surface area contributed by atoms with E-state index in [2.05, 4.69) is 30.3 Å². The Balaban J connectivity index is 1.22. The summed E-state index contributed by atoms with van der Waals surface area (Å²) in [5.74, 6) is -1.46. The number of rotatable bonds is 9. The van der Waals surface area contributed by atoms with E-state index in [-0.39, 0.29) is 19.0 Å². The molecule has 10 nitrogen and oxygen atoms in total. The zero-order valence-electron chi connectivity index (χ0n) is 26.1. The van der Waals surface area contributed by atoms with Crippen molar-refractivity contribution in [3.63, 3.8) is 0 Å². The minimum atomic E-state index is -1.22. The number of phenolic OH excluding ortho intramolecular Hbond substituents is 1. The Bertz CT molecular complexity index is 1910. The van der Waals surface area contributed by atoms with Gasteiger partial charge in [-0.15, -0.1) is 0 Å². The van der Waals surface area contributed by atoms with Crippen molar-refractivity contribution in [2.75, 3.05) is 6.61 Å². The van der Waals surface area contributed by atoms with Gasteiger partial charge in [0.1, 0.15) is 11.5 Å². The van der Waals surface area contributed by atoms with Crippen LogP contribution >= 0.6 is 0 Å². The predicted octanol–water partition coefficient (Wildman–Crippen LogP) is 6.10. The van der Waals surface area contributed by atoms with Crippen LogP contribution in [0.4, 0.5) is 0 Å². The van der Waals surface area contributed by atoms with E-state index in [1.54, 1.807) is 24.3 Å². The highest BCUT2D eigenvalue weighted by molar-refractivity contribution is 6.02. The Hall–Kier alpha value is -5.19. The number of phenols is 1. The Morgan fingerprint density at radius 2 is 1.34 bits per heavy atom. The molecule has 47 heavy (non-hydrogen) atoms. The summed E-state index contributed by atoms with van der Waals surface area (Å²) >= 11 is 0. The summed E-state index contributed by atoms with van der Waals surface area (Å²) in [5.41, 5.74) is 1.66. The highest BCUT2D eigenvalue weighted by Gasteiger charge is 2.48. The molecule has 1 heterocycles. The van der Waals surface area contributed by atoms with Crippen LogP contribution in [0.1, 0.15) is 31.9 Å². The van der Waals surface area contributed by atoms with Crippen molar-refractivity contribution in [1.82, 2.24) is 0 Å². The van der Waals surface area contributed by atoms with Crippen molar-refractivity contribution < 1.29 is 47.9 Å². The van der Waals surface area contributed by atoms with Gasteiger partial charge in [0.2, 0.25) is 12.4 Å². The largest absolute Gasteiger partial charge is 0.508 e. The molecule has 5 aromatic rings. The van der Waals surface area contributed by atoms with Crippen molar-refractivity contribution in [3.8, 4) is 11.5 Å². The number of carbonyl (C=O) groups is 3. The van der Waals surface area contributed by atoms with E-state index in [0.717, 1.165) is 37.9 Å². The van der Waals surface area contributed by atoms with Crippen molar-refractivity contribution in [2.45, 2.75) is 58.6 Å². The molecule has 1 N–H and O–H groups in total. The molecule has 1 aliphatic rings. The lowest BCUT2D eigenvalue weighted by Gasteiger charge is -2.40. The van der Waals surface area contributed by atoms with Gasteiger partial charge in [-0.3, -0.25) is 14.4 Å². The van der Waals surface area contributed by atoms with Gasteiger partial charge in [0.05, 0.1) is 19.8 Å². The van der Waals surface area contributed by atoms with Gasteiger partial charge >= 0.3 is 17.9 Å². The van der Waals surface area contributed by atoms with Crippen LogP contribution in [0, 0.1) is 0 Å². The molecule has 4 atom stereocenters. The molecule has 6 rings (SSSR count). The second kappa shape index (κ2) is 13.7. The Labute approximate surface area is 270 Å². The van der Waals surface area contributed by atoms with Crippen LogP contribution in [-0.2, 0) is 51.3 Å². The van der Waals surface area contributed by atoms with Gasteiger partial charge in [-0.05, 0) is 68.2 Å². The molecule has 0 spiro atoms. The monoisotopic (exact) mass is 638 g/mol. The second-order valence-corrected chi connectivity index (χ2v) is 11.4. The zero-order chi connectivity index (χ0) is 33.1. The maximum absolute atomic E-state index is 12.0. The first kappa shape index (κ1) is 31.8. The van der Waals surface area contributed by atoms with Crippen molar-refractivity contribution in [3.05, 3.63) is 96.1 Å². The number of esters is 3. The number of ether oxygens (including phenoxy) is 6. The fourth-order valence-electron chi connectivity index (χ4n) is 5.97. The van der Waals surface area contributed by atoms with E-state index in [0.29, 0.717) is 17.9 Å². The third-order valence-corrected chi connectivity index (χ3v) is 7.95. The molecule has 10 heteroatoms. The summed E-state index contributed by atoms with van der Waals surface area (Å²) in [6.45, 7) is 3.96. The summed E-state index contributed by atoms with van der Waals surface area (Å²) in [7, 11) is 0. The van der Waals surface area contributed by atoms with Crippen LogP contribution in [0.3, 0.4) is 0 Å². The Morgan fingerprint density at radius 1 is 0.702 bits per heavy atom. The SMILES string of the molecule is CC(=O)O[C@@H]1[C@@H](OC(C)=O)[C@H](Oc2ccc3cc(O)c(COCc4c5ccccc5cc5ccccc45)cc3c2)OC[C@H]1OC(C)=O. The van der Waals surface area contributed by atoms with Gasteiger partial charge in [-0.25, -0.2) is 0 Å². The molecule has 0 aromatic heterocycles. The first-order valence-electron chi connectivity index (χ1n) is 15.2. The molecular formula is C37H34O10. The first-order valence-corrected chi connectivity index (χ1v) is 15.2. The minimum Gasteiger partial charge on any atom is -0.508 e. The normalized spacial score (nSPS) is 19.4. The molecule has 0 bridgehead atoms. The maximum Gasteiger partial charge on any atom is 0.303 e. The Morgan fingerprint density at radius 3 is 2.00 bits per heavy atom. The van der Waals surface area contributed by atoms with E-state index < -0.39 is 42.5 Å². The lowest BCUT2D eigenvalue weighted by Crippen LogP contribution is -2.59. The predicted molar refractivity (Wildman–Crippen MR) is 173 cm³/mol. The number of benzene rings is 5. The van der Waals surface area contributed by atoms with Gasteiger partial charge in [0.25, 0.3) is 0 Å². The highest BCUT2D eigenvalue weighted by atomic mass is 16.7. The number of hydrogen-bond acceptors (Lipinski definition) is 10. The van der Waals surface area contributed by atoms with Gasteiger partial charge in [-0.2, -0.15) is 0 Å². The Kier molecular flexibility index (Phi) is 9.24. The van der Waals surface area contributed by atoms with E-state index >= 15 is 0 Å². The van der Waals surface area contributed by atoms with Crippen molar-refractivity contribution >= 4 is 50.2 Å². The lowest BCUT2D eigenvalue weighted by atomic mass is 9.97. The van der Waals surface area contributed by atoms with E-state index in [4.69, 9.17) is 28.4 Å². The number of fused-ring (bicyclic) bond motifs is 3. The summed E-state index contributed by atoms with van der Waals surface area (Å²) in [6.07, 6.45) is -4.56. The van der Waals surface area contributed by atoms with Crippen LogP contribution in [-0.4, -0.2) is 54.2 Å². The molecule has 0 amide bonds. The minimum absolute atomic E-state index is 0.0974. The molecule has 0 saturated carbocycles. The lowest BCUT2D eigenvalue weighted by molar-refractivity contribution is -0.259. The molecule has 242 valence electrons. The summed E-state index contributed by atoms with van der Waals surface area (Å²) in [6, 6.07) is 27.2. The average molecular weight is 639 g/mol. The molecule has 5 aromatic carbocycles. The van der Waals surface area contributed by atoms with Gasteiger partial charge in [-0.1, -0.05) is 54.6 Å². The maximum atomic E-state index is 12.0. The van der Waals surface area contributed by atoms with E-state index in [1.165, 1.54) is 20.8 Å². The molecular weight excluding hydrogens is 604 g/mol. The van der Waals surface area contributed by atoms with Crippen molar-refractivity contribution in [2.24, 2.45) is 0 Å². The number of aromatic hydroxyl groups is 1. The van der Waals surface area contributed by atoms with Gasteiger partial charge in [0.15, 0.2) is 12.2 Å². The van der Waals surface area contributed by atoms with Crippen molar-refractivity contribution in [1.29, 1.82) is 0 Å². The smallest absolute Gasteiger partial charge is 0.303 e. The number of carbonyl (C=O) groups excluding carboxylic acids is 3. The van der Waals surface area contributed by atoms with Crippen LogP contribution in [0.5, 0.6) is 11.5 Å². The second-order valence-electron chi connectivity index (χ2n) is 11.4. The van der Waals surface area contributed by atoms with E-state index in [9.17, 15) is 19.5 Å². The van der Waals surface area contributed by atoms with Crippen LogP contribution < -0.4 is 4.74 Å². The zero-order valence-corrected chi connectivity index (χ0v) is 26.1. The van der Waals surface area contributed by atoms with Gasteiger partial charge in [0, 0.05) is 26.3 Å². The highest BCUT2D eigenvalue weighted by Crippen LogP contribution is 2.33. The van der Waals surface area contributed by atoms with Crippen LogP contribution in [0.15, 0.2) is 84.9 Å². The fraction of sp³-hybridized carbons (Fsp3) is 0.270. The third-order valence-electron chi connectivity index (χ3n) is 7.95. The van der Waals surface area contributed by atoms with Gasteiger partial charge < -0.3 is 33.5 Å². The number of hydrogen-bond donors (Lipinski definition) is 1. The summed E-state index contributed by atoms with van der Waals surface area (Å²) < 4.78 is 34.2. The molecule has 0 unspecified atom stereocenters. The molecule has 1 aliphatic heterocycles. The standard InChI is InChI=1S/C37H34O10/c1-21(38)44-34-20-43-37(36(46-23(3)40)35(34)45-22(2)39)47-29-13-12-24-17-33(41)28(15-27(24)16-29)18-42-19-32-30-10-6-4-8-25(30)14-26-9-5-7-11-31(26)32/h4-17,34-37,41H,18-20H2,1-3H3/t34-,35+,36-,37+/m1/s1.